The van der Waals surface area contributed by atoms with Crippen molar-refractivity contribution in [1.82, 2.24) is 5.32 Å². The van der Waals surface area contributed by atoms with Crippen LogP contribution in [0, 0.1) is 0 Å². The molecule has 0 saturated carbocycles. The summed E-state index contributed by atoms with van der Waals surface area (Å²) in [5.74, 6) is -0.0718. The third-order valence-corrected chi connectivity index (χ3v) is 4.67. The van der Waals surface area contributed by atoms with Crippen LogP contribution in [0.4, 0.5) is 5.69 Å². The summed E-state index contributed by atoms with van der Waals surface area (Å²) < 4.78 is 0. The van der Waals surface area contributed by atoms with Crippen molar-refractivity contribution >= 4 is 17.5 Å². The van der Waals surface area contributed by atoms with Gasteiger partial charge in [-0.15, -0.1) is 0 Å². The predicted octanol–water partition coefficient (Wildman–Crippen LogP) is 5.69. The normalized spacial score (nSPS) is 10.5. The molecular weight excluding hydrogens is 324 g/mol. The maximum atomic E-state index is 12.0. The van der Waals surface area contributed by atoms with Crippen LogP contribution in [0.3, 0.4) is 0 Å². The number of hydrogen-bond acceptors (Lipinski definition) is 2. The van der Waals surface area contributed by atoms with E-state index in [-0.39, 0.29) is 11.8 Å². The van der Waals surface area contributed by atoms with Gasteiger partial charge in [0.2, 0.25) is 5.91 Å². The van der Waals surface area contributed by atoms with Gasteiger partial charge in [0.25, 0.3) is 5.91 Å². The molecule has 0 radical (unpaired) electrons. The summed E-state index contributed by atoms with van der Waals surface area (Å²) in [6, 6.07) is 6.97. The summed E-state index contributed by atoms with van der Waals surface area (Å²) in [5.41, 5.74) is 1.33. The molecule has 0 spiro atoms. The average molecular weight is 361 g/mol. The van der Waals surface area contributed by atoms with E-state index in [0.29, 0.717) is 12.0 Å². The Kier molecular flexibility index (Phi) is 12.2. The molecule has 0 aromatic heterocycles. The molecule has 2 N–H and O–H groups in total. The third kappa shape index (κ3) is 10.2. The highest BCUT2D eigenvalue weighted by molar-refractivity contribution is 5.95. The summed E-state index contributed by atoms with van der Waals surface area (Å²) in [7, 11) is 1.60. The number of anilines is 1. The van der Waals surface area contributed by atoms with Crippen LogP contribution in [-0.4, -0.2) is 18.9 Å². The van der Waals surface area contributed by atoms with E-state index in [2.05, 4.69) is 17.6 Å². The van der Waals surface area contributed by atoms with Crippen molar-refractivity contribution in [3.63, 3.8) is 0 Å². The van der Waals surface area contributed by atoms with E-state index >= 15 is 0 Å². The monoisotopic (exact) mass is 360 g/mol. The Bertz CT molecular complexity index is 511. The van der Waals surface area contributed by atoms with Gasteiger partial charge in [0, 0.05) is 24.7 Å². The van der Waals surface area contributed by atoms with E-state index in [4.69, 9.17) is 0 Å². The lowest BCUT2D eigenvalue weighted by Crippen LogP contribution is -2.17. The van der Waals surface area contributed by atoms with Gasteiger partial charge in [-0.2, -0.15) is 0 Å². The lowest BCUT2D eigenvalue weighted by atomic mass is 10.1. The van der Waals surface area contributed by atoms with Crippen LogP contribution in [0.5, 0.6) is 0 Å². The molecule has 0 bridgehead atoms. The molecular formula is C22H36N2O2. The van der Waals surface area contributed by atoms with E-state index in [1.165, 1.54) is 57.8 Å². The molecule has 4 nitrogen and oxygen atoms in total. The first-order chi connectivity index (χ1) is 12.7. The zero-order valence-corrected chi connectivity index (χ0v) is 16.6. The van der Waals surface area contributed by atoms with Crippen LogP contribution in [0.25, 0.3) is 0 Å². The standard InChI is InChI=1S/C22H36N2O2/c1-3-4-5-6-7-8-9-10-11-12-13-14-21(25)24-20-17-15-19(16-18-20)22(26)23-2/h15-18H,3-14H2,1-2H3,(H,23,26)(H,24,25). The van der Waals surface area contributed by atoms with Gasteiger partial charge in [-0.05, 0) is 30.7 Å². The minimum absolute atomic E-state index is 0.0496. The van der Waals surface area contributed by atoms with Crippen LogP contribution in [0.2, 0.25) is 0 Å². The Morgan fingerprint density at radius 1 is 0.769 bits per heavy atom. The number of nitrogens with one attached hydrogen (secondary N) is 2. The van der Waals surface area contributed by atoms with Gasteiger partial charge in [-0.25, -0.2) is 0 Å². The summed E-state index contributed by atoms with van der Waals surface area (Å²) in [6.45, 7) is 2.25. The fourth-order valence-electron chi connectivity index (χ4n) is 3.02. The lowest BCUT2D eigenvalue weighted by molar-refractivity contribution is -0.116. The summed E-state index contributed by atoms with van der Waals surface area (Å²) in [5, 5.41) is 5.47. The molecule has 0 saturated heterocycles. The first-order valence-corrected chi connectivity index (χ1v) is 10.3. The Hall–Kier alpha value is -1.84. The van der Waals surface area contributed by atoms with Gasteiger partial charge in [0.1, 0.15) is 0 Å². The van der Waals surface area contributed by atoms with Crippen molar-refractivity contribution in [2.45, 2.75) is 84.0 Å². The van der Waals surface area contributed by atoms with Crippen molar-refractivity contribution in [3.8, 4) is 0 Å². The van der Waals surface area contributed by atoms with E-state index in [1.807, 2.05) is 0 Å². The van der Waals surface area contributed by atoms with Crippen LogP contribution in [0.15, 0.2) is 24.3 Å². The Labute approximate surface area is 159 Å². The van der Waals surface area contributed by atoms with Gasteiger partial charge in [-0.1, -0.05) is 71.1 Å². The minimum atomic E-state index is -0.121. The largest absolute Gasteiger partial charge is 0.355 e. The number of benzene rings is 1. The summed E-state index contributed by atoms with van der Waals surface area (Å²) in [6.07, 6.45) is 14.7. The maximum Gasteiger partial charge on any atom is 0.251 e. The molecule has 4 heteroatoms. The van der Waals surface area contributed by atoms with Gasteiger partial charge in [-0.3, -0.25) is 9.59 Å². The first kappa shape index (κ1) is 22.2. The molecule has 1 aromatic carbocycles. The van der Waals surface area contributed by atoms with Crippen molar-refractivity contribution in [2.75, 3.05) is 12.4 Å². The SMILES string of the molecule is CCCCCCCCCCCCCC(=O)Nc1ccc(C(=O)NC)cc1. The predicted molar refractivity (Wildman–Crippen MR) is 110 cm³/mol. The quantitative estimate of drug-likeness (QED) is 0.419. The third-order valence-electron chi connectivity index (χ3n) is 4.67. The number of unbranched alkanes of at least 4 members (excludes halogenated alkanes) is 10. The second-order valence-corrected chi connectivity index (χ2v) is 6.99. The van der Waals surface area contributed by atoms with Crippen molar-refractivity contribution in [2.24, 2.45) is 0 Å². The summed E-state index contributed by atoms with van der Waals surface area (Å²) in [4.78, 5) is 23.4. The van der Waals surface area contributed by atoms with E-state index in [9.17, 15) is 9.59 Å². The zero-order valence-electron chi connectivity index (χ0n) is 16.6. The molecule has 2 amide bonds. The van der Waals surface area contributed by atoms with Gasteiger partial charge in [0.05, 0.1) is 0 Å². The molecule has 0 fully saturated rings. The molecule has 1 rings (SSSR count). The van der Waals surface area contributed by atoms with Crippen LogP contribution < -0.4 is 10.6 Å². The number of hydrogen-bond donors (Lipinski definition) is 2. The maximum absolute atomic E-state index is 12.0. The number of carbonyl (C=O) groups is 2. The number of carbonyl (C=O) groups excluding carboxylic acids is 2. The van der Waals surface area contributed by atoms with Gasteiger partial charge < -0.3 is 10.6 Å². The van der Waals surface area contributed by atoms with Crippen molar-refractivity contribution in [3.05, 3.63) is 29.8 Å². The molecule has 0 aliphatic rings. The fraction of sp³-hybridized carbons (Fsp3) is 0.636. The lowest BCUT2D eigenvalue weighted by Gasteiger charge is -2.06. The molecule has 0 aliphatic heterocycles. The Morgan fingerprint density at radius 3 is 1.77 bits per heavy atom. The molecule has 0 atom stereocenters. The second-order valence-electron chi connectivity index (χ2n) is 6.99. The van der Waals surface area contributed by atoms with Crippen LogP contribution in [-0.2, 0) is 4.79 Å². The smallest absolute Gasteiger partial charge is 0.251 e. The summed E-state index contributed by atoms with van der Waals surface area (Å²) >= 11 is 0. The second kappa shape index (κ2) is 14.3. The molecule has 1 aromatic rings. The van der Waals surface area contributed by atoms with E-state index in [1.54, 1.807) is 31.3 Å². The molecule has 146 valence electrons. The van der Waals surface area contributed by atoms with E-state index < -0.39 is 0 Å². The number of rotatable bonds is 14. The fourth-order valence-corrected chi connectivity index (χ4v) is 3.02. The molecule has 26 heavy (non-hydrogen) atoms. The van der Waals surface area contributed by atoms with E-state index in [0.717, 1.165) is 18.5 Å². The highest BCUT2D eigenvalue weighted by Gasteiger charge is 2.05. The minimum Gasteiger partial charge on any atom is -0.355 e. The van der Waals surface area contributed by atoms with Crippen LogP contribution >= 0.6 is 0 Å². The van der Waals surface area contributed by atoms with Gasteiger partial charge in [0.15, 0.2) is 0 Å². The number of amides is 2. The van der Waals surface area contributed by atoms with Gasteiger partial charge >= 0.3 is 0 Å². The highest BCUT2D eigenvalue weighted by atomic mass is 16.2. The molecule has 0 unspecified atom stereocenters. The topological polar surface area (TPSA) is 58.2 Å². The Balaban J connectivity index is 2.02. The van der Waals surface area contributed by atoms with Crippen molar-refractivity contribution < 1.29 is 9.59 Å². The molecule has 0 aliphatic carbocycles. The zero-order chi connectivity index (χ0) is 19.0. The highest BCUT2D eigenvalue weighted by Crippen LogP contribution is 2.13. The van der Waals surface area contributed by atoms with Crippen LogP contribution in [0.1, 0.15) is 94.3 Å². The van der Waals surface area contributed by atoms with Crippen molar-refractivity contribution in [1.29, 1.82) is 0 Å². The average Bonchev–Trinajstić information content (AvgIpc) is 2.66. The molecule has 0 heterocycles. The first-order valence-electron chi connectivity index (χ1n) is 10.3. The Morgan fingerprint density at radius 2 is 1.27 bits per heavy atom.